The van der Waals surface area contributed by atoms with Crippen LogP contribution in [0.25, 0.3) is 11.0 Å². The molecule has 5 heterocycles. The average Bonchev–Trinajstić information content (AvgIpc) is 3.47. The monoisotopic (exact) mass is 556 g/mol. The Morgan fingerprint density at radius 1 is 1.18 bits per heavy atom. The van der Waals surface area contributed by atoms with Gasteiger partial charge in [0.25, 0.3) is 0 Å². The van der Waals surface area contributed by atoms with Crippen molar-refractivity contribution in [2.75, 3.05) is 10.2 Å². The van der Waals surface area contributed by atoms with Gasteiger partial charge in [-0.2, -0.15) is 10.4 Å². The molecule has 0 radical (unpaired) electrons. The number of fused-ring (bicyclic) bond motifs is 3. The van der Waals surface area contributed by atoms with Gasteiger partial charge in [0.05, 0.1) is 28.5 Å². The van der Waals surface area contributed by atoms with Crippen LogP contribution in [-0.2, 0) is 7.05 Å². The van der Waals surface area contributed by atoms with Crippen molar-refractivity contribution in [3.05, 3.63) is 69.9 Å². The summed E-state index contributed by atoms with van der Waals surface area (Å²) < 4.78 is 1.85. The first-order valence-corrected chi connectivity index (χ1v) is 13.8. The van der Waals surface area contributed by atoms with E-state index in [-0.39, 0.29) is 29.0 Å². The van der Waals surface area contributed by atoms with Crippen molar-refractivity contribution in [1.82, 2.24) is 24.7 Å². The lowest BCUT2D eigenvalue weighted by Gasteiger charge is -2.39. The summed E-state index contributed by atoms with van der Waals surface area (Å²) in [6, 6.07) is 11.7. The number of piperidine rings is 1. The highest BCUT2D eigenvalue weighted by molar-refractivity contribution is 6.29. The van der Waals surface area contributed by atoms with Crippen molar-refractivity contribution < 1.29 is 9.90 Å². The lowest BCUT2D eigenvalue weighted by atomic mass is 9.88. The van der Waals surface area contributed by atoms with Crippen LogP contribution in [0.1, 0.15) is 77.6 Å². The van der Waals surface area contributed by atoms with Gasteiger partial charge in [0.15, 0.2) is 17.2 Å². The van der Waals surface area contributed by atoms with Gasteiger partial charge in [-0.1, -0.05) is 17.7 Å². The third kappa shape index (κ3) is 4.60. The van der Waals surface area contributed by atoms with Crippen molar-refractivity contribution in [3.63, 3.8) is 0 Å². The zero-order chi connectivity index (χ0) is 28.1. The van der Waals surface area contributed by atoms with Crippen LogP contribution in [0.15, 0.2) is 36.5 Å². The number of nitrogens with one attached hydrogen (secondary N) is 1. The predicted octanol–water partition coefficient (Wildman–Crippen LogP) is 5.38. The van der Waals surface area contributed by atoms with E-state index >= 15 is 0 Å². The van der Waals surface area contributed by atoms with Crippen molar-refractivity contribution in [2.24, 2.45) is 7.05 Å². The maximum Gasteiger partial charge on any atom is 0.356 e. The standard InChI is InChI=1S/C29H29ClN8O2/c1-15-10-20(16(2)32-22-6-7-25(30)34-27(22)29(39)40)26-23(11-15)33-24(14-31)28(35-26)38-18-4-5-19(38)13-17(12-18)21-8-9-37(3)36-21/h6-11,16-19,32H,4-5,12-13H2,1-3H3,(H,39,40). The summed E-state index contributed by atoms with van der Waals surface area (Å²) in [5, 5.41) is 27.8. The maximum atomic E-state index is 11.8. The molecule has 3 aromatic heterocycles. The van der Waals surface area contributed by atoms with Crippen LogP contribution in [0.4, 0.5) is 11.5 Å². The number of aromatic nitrogens is 5. The van der Waals surface area contributed by atoms with Gasteiger partial charge >= 0.3 is 5.97 Å². The molecule has 0 spiro atoms. The van der Waals surface area contributed by atoms with Gasteiger partial charge < -0.3 is 15.3 Å². The van der Waals surface area contributed by atoms with E-state index in [9.17, 15) is 15.2 Å². The Morgan fingerprint density at radius 3 is 2.58 bits per heavy atom. The summed E-state index contributed by atoms with van der Waals surface area (Å²) in [6.07, 6.45) is 5.98. The molecule has 0 saturated carbocycles. The van der Waals surface area contributed by atoms with E-state index in [1.807, 2.05) is 43.9 Å². The molecule has 2 aliphatic rings. The highest BCUT2D eigenvalue weighted by Gasteiger charge is 2.43. The van der Waals surface area contributed by atoms with Crippen LogP contribution in [0.5, 0.6) is 0 Å². The van der Waals surface area contributed by atoms with Crippen molar-refractivity contribution in [2.45, 2.75) is 63.6 Å². The first-order chi connectivity index (χ1) is 19.2. The number of carboxylic acid groups (broad SMARTS) is 1. The molecule has 10 nitrogen and oxygen atoms in total. The van der Waals surface area contributed by atoms with Crippen LogP contribution in [-0.4, -0.2) is 47.9 Å². The number of carboxylic acids is 1. The van der Waals surface area contributed by atoms with E-state index in [0.29, 0.717) is 34.2 Å². The first-order valence-electron chi connectivity index (χ1n) is 13.4. The zero-order valence-corrected chi connectivity index (χ0v) is 23.2. The van der Waals surface area contributed by atoms with E-state index in [2.05, 4.69) is 32.4 Å². The molecule has 1 aromatic carbocycles. The summed E-state index contributed by atoms with van der Waals surface area (Å²) in [4.78, 5) is 28.0. The number of nitriles is 1. The minimum atomic E-state index is -1.17. The SMILES string of the molecule is Cc1cc(C(C)Nc2ccc(Cl)nc2C(=O)O)c2nc(N3C4CCC3CC(c3ccn(C)n3)C4)c(C#N)nc2c1. The molecule has 204 valence electrons. The normalized spacial score (nSPS) is 20.9. The van der Waals surface area contributed by atoms with Crippen molar-refractivity contribution in [3.8, 4) is 6.07 Å². The molecule has 2 N–H and O–H groups in total. The molecule has 40 heavy (non-hydrogen) atoms. The number of anilines is 2. The van der Waals surface area contributed by atoms with E-state index in [4.69, 9.17) is 21.6 Å². The van der Waals surface area contributed by atoms with E-state index in [1.54, 1.807) is 12.1 Å². The fraction of sp³-hybridized carbons (Fsp3) is 0.379. The minimum absolute atomic E-state index is 0.109. The number of halogens is 1. The molecule has 11 heteroatoms. The second kappa shape index (κ2) is 10.1. The van der Waals surface area contributed by atoms with Gasteiger partial charge in [-0.25, -0.2) is 19.7 Å². The van der Waals surface area contributed by atoms with Crippen LogP contribution >= 0.6 is 11.6 Å². The molecule has 6 rings (SSSR count). The minimum Gasteiger partial charge on any atom is -0.476 e. The Labute approximate surface area is 236 Å². The molecule has 2 saturated heterocycles. The molecular formula is C29H29ClN8O2. The molecule has 2 bridgehead atoms. The van der Waals surface area contributed by atoms with Gasteiger partial charge in [0.2, 0.25) is 0 Å². The van der Waals surface area contributed by atoms with Gasteiger partial charge in [0.1, 0.15) is 11.2 Å². The molecule has 0 amide bonds. The van der Waals surface area contributed by atoms with Crippen LogP contribution in [0.3, 0.4) is 0 Å². The zero-order valence-electron chi connectivity index (χ0n) is 22.5. The smallest absolute Gasteiger partial charge is 0.356 e. The third-order valence-electron chi connectivity index (χ3n) is 8.06. The number of hydrogen-bond acceptors (Lipinski definition) is 8. The lowest BCUT2D eigenvalue weighted by molar-refractivity contribution is 0.0691. The summed E-state index contributed by atoms with van der Waals surface area (Å²) in [5.74, 6) is -0.164. The predicted molar refractivity (Wildman–Crippen MR) is 152 cm³/mol. The highest BCUT2D eigenvalue weighted by atomic mass is 35.5. The Bertz CT molecular complexity index is 1660. The second-order valence-corrected chi connectivity index (χ2v) is 11.2. The molecule has 2 fully saturated rings. The van der Waals surface area contributed by atoms with Crippen LogP contribution < -0.4 is 10.2 Å². The average molecular weight is 557 g/mol. The van der Waals surface area contributed by atoms with E-state index < -0.39 is 5.97 Å². The Hall–Kier alpha value is -4.23. The van der Waals surface area contributed by atoms with Gasteiger partial charge in [-0.15, -0.1) is 0 Å². The summed E-state index contributed by atoms with van der Waals surface area (Å²) in [7, 11) is 1.94. The Morgan fingerprint density at radius 2 is 1.93 bits per heavy atom. The highest BCUT2D eigenvalue weighted by Crippen LogP contribution is 2.45. The maximum absolute atomic E-state index is 11.8. The molecule has 0 aliphatic carbocycles. The number of nitrogens with zero attached hydrogens (tertiary/aromatic N) is 7. The molecule has 3 atom stereocenters. The number of pyridine rings is 1. The van der Waals surface area contributed by atoms with Gasteiger partial charge in [-0.3, -0.25) is 4.68 Å². The Kier molecular flexibility index (Phi) is 6.55. The number of carbonyl (C=O) groups is 1. The summed E-state index contributed by atoms with van der Waals surface area (Å²) >= 11 is 5.95. The summed E-state index contributed by atoms with van der Waals surface area (Å²) in [5.41, 5.74) is 4.79. The third-order valence-corrected chi connectivity index (χ3v) is 8.27. The first kappa shape index (κ1) is 26.0. The van der Waals surface area contributed by atoms with Crippen molar-refractivity contribution in [1.29, 1.82) is 5.26 Å². The molecule has 2 aliphatic heterocycles. The number of aromatic carboxylic acids is 1. The molecular weight excluding hydrogens is 528 g/mol. The quantitative estimate of drug-likeness (QED) is 0.300. The topological polar surface area (TPSA) is 133 Å². The number of hydrogen-bond donors (Lipinski definition) is 2. The fourth-order valence-corrected chi connectivity index (χ4v) is 6.50. The van der Waals surface area contributed by atoms with Crippen LogP contribution in [0.2, 0.25) is 5.15 Å². The summed E-state index contributed by atoms with van der Waals surface area (Å²) in [6.45, 7) is 3.91. The van der Waals surface area contributed by atoms with Gasteiger partial charge in [-0.05, 0) is 69.4 Å². The Balaban J connectivity index is 1.38. The van der Waals surface area contributed by atoms with Gasteiger partial charge in [0, 0.05) is 36.8 Å². The van der Waals surface area contributed by atoms with Crippen molar-refractivity contribution >= 4 is 40.1 Å². The molecule has 3 unspecified atom stereocenters. The number of aryl methyl sites for hydroxylation is 2. The van der Waals surface area contributed by atoms with E-state index in [0.717, 1.165) is 42.5 Å². The van der Waals surface area contributed by atoms with E-state index in [1.165, 1.54) is 0 Å². The molecule has 4 aromatic rings. The lowest BCUT2D eigenvalue weighted by Crippen LogP contribution is -2.43. The number of rotatable bonds is 6. The fourth-order valence-electron chi connectivity index (χ4n) is 6.35. The number of benzene rings is 1. The van der Waals surface area contributed by atoms with Crippen LogP contribution in [0, 0.1) is 18.3 Å². The largest absolute Gasteiger partial charge is 0.476 e. The second-order valence-electron chi connectivity index (χ2n) is 10.8.